The van der Waals surface area contributed by atoms with Crippen LogP contribution in [-0.4, -0.2) is 36.3 Å². The van der Waals surface area contributed by atoms with Gasteiger partial charge in [-0.2, -0.15) is 4.31 Å². The lowest BCUT2D eigenvalue weighted by Crippen LogP contribution is -2.44. The Labute approximate surface area is 104 Å². The number of rotatable bonds is 4. The van der Waals surface area contributed by atoms with Crippen molar-refractivity contribution >= 4 is 15.8 Å². The second-order valence-electron chi connectivity index (χ2n) is 5.11. The van der Waals surface area contributed by atoms with E-state index in [1.54, 1.807) is 18.2 Å². The number of Topliss-reactive ketones (excluding diaryl/α,β-unsaturated/α-hetero) is 1. The van der Waals surface area contributed by atoms with Crippen molar-refractivity contribution in [3.8, 4) is 0 Å². The van der Waals surface area contributed by atoms with E-state index in [1.165, 1.54) is 6.92 Å². The van der Waals surface area contributed by atoms with E-state index in [0.29, 0.717) is 13.0 Å². The maximum atomic E-state index is 12.2. The molecule has 17 heavy (non-hydrogen) atoms. The molecular weight excluding hydrogens is 238 g/mol. The van der Waals surface area contributed by atoms with Gasteiger partial charge in [-0.15, -0.1) is 0 Å². The zero-order chi connectivity index (χ0) is 13.1. The van der Waals surface area contributed by atoms with Gasteiger partial charge in [-0.3, -0.25) is 4.79 Å². The van der Waals surface area contributed by atoms with E-state index >= 15 is 0 Å². The summed E-state index contributed by atoms with van der Waals surface area (Å²) in [6.45, 7) is 5.50. The van der Waals surface area contributed by atoms with Crippen LogP contribution in [-0.2, 0) is 14.8 Å². The Bertz CT molecular complexity index is 362. The minimum Gasteiger partial charge on any atom is -0.300 e. The van der Waals surface area contributed by atoms with E-state index in [0.717, 1.165) is 25.7 Å². The molecule has 0 radical (unpaired) electrons. The Hall–Kier alpha value is -0.420. The molecule has 0 aromatic carbocycles. The number of nitrogens with zero attached hydrogens (tertiary/aromatic N) is 1. The van der Waals surface area contributed by atoms with Gasteiger partial charge in [-0.1, -0.05) is 12.8 Å². The van der Waals surface area contributed by atoms with E-state index in [2.05, 4.69) is 0 Å². The molecular formula is C12H23NO3S. The Kier molecular flexibility index (Phi) is 5.13. The van der Waals surface area contributed by atoms with Gasteiger partial charge in [0.1, 0.15) is 5.78 Å². The summed E-state index contributed by atoms with van der Waals surface area (Å²) >= 11 is 0. The first-order valence-electron chi connectivity index (χ1n) is 6.35. The minimum atomic E-state index is -3.24. The molecule has 1 saturated heterocycles. The molecule has 0 bridgehead atoms. The first-order valence-corrected chi connectivity index (χ1v) is 7.86. The molecule has 0 aromatic heterocycles. The standard InChI is InChI=1S/C12H23NO3S/c1-10(2)17(15,16)13-8-6-4-5-7-12(13)9-11(3)14/h10,12H,4-9H2,1-3H3. The van der Waals surface area contributed by atoms with E-state index in [1.807, 2.05) is 0 Å². The van der Waals surface area contributed by atoms with Crippen molar-refractivity contribution in [1.29, 1.82) is 0 Å². The topological polar surface area (TPSA) is 54.5 Å². The second kappa shape index (κ2) is 5.96. The molecule has 0 amide bonds. The number of carbonyl (C=O) groups excluding carboxylic acids is 1. The van der Waals surface area contributed by atoms with Crippen molar-refractivity contribution in [2.45, 2.75) is 64.2 Å². The van der Waals surface area contributed by atoms with E-state index in [9.17, 15) is 13.2 Å². The fourth-order valence-electron chi connectivity index (χ4n) is 2.29. The van der Waals surface area contributed by atoms with Crippen molar-refractivity contribution in [2.24, 2.45) is 0 Å². The molecule has 1 aliphatic rings. The summed E-state index contributed by atoms with van der Waals surface area (Å²) in [6.07, 6.45) is 4.14. The summed E-state index contributed by atoms with van der Waals surface area (Å²) in [6, 6.07) is -0.123. The molecule has 1 fully saturated rings. The van der Waals surface area contributed by atoms with Crippen molar-refractivity contribution in [3.05, 3.63) is 0 Å². The Balaban J connectivity index is 2.93. The van der Waals surface area contributed by atoms with Gasteiger partial charge in [0, 0.05) is 19.0 Å². The predicted octanol–water partition coefficient (Wildman–Crippen LogP) is 1.95. The van der Waals surface area contributed by atoms with Gasteiger partial charge < -0.3 is 0 Å². The zero-order valence-corrected chi connectivity index (χ0v) is 11.8. The van der Waals surface area contributed by atoms with Crippen molar-refractivity contribution in [2.75, 3.05) is 6.54 Å². The van der Waals surface area contributed by atoms with Gasteiger partial charge in [0.15, 0.2) is 0 Å². The molecule has 1 aliphatic heterocycles. The highest BCUT2D eigenvalue weighted by Gasteiger charge is 2.33. The molecule has 1 atom stereocenters. The van der Waals surface area contributed by atoms with Crippen molar-refractivity contribution in [3.63, 3.8) is 0 Å². The molecule has 4 nitrogen and oxygen atoms in total. The monoisotopic (exact) mass is 261 g/mol. The average molecular weight is 261 g/mol. The molecule has 0 spiro atoms. The third-order valence-electron chi connectivity index (χ3n) is 3.27. The van der Waals surface area contributed by atoms with Crippen LogP contribution in [0.15, 0.2) is 0 Å². The van der Waals surface area contributed by atoms with Crippen LogP contribution in [0.1, 0.15) is 52.9 Å². The number of carbonyl (C=O) groups is 1. The number of hydrogen-bond donors (Lipinski definition) is 0. The fourth-order valence-corrected chi connectivity index (χ4v) is 3.81. The fraction of sp³-hybridized carbons (Fsp3) is 0.917. The molecule has 5 heteroatoms. The summed E-state index contributed by atoms with van der Waals surface area (Å²) in [4.78, 5) is 11.2. The first-order chi connectivity index (χ1) is 7.85. The Morgan fingerprint density at radius 3 is 2.47 bits per heavy atom. The van der Waals surface area contributed by atoms with Gasteiger partial charge in [0.05, 0.1) is 5.25 Å². The summed E-state index contributed by atoms with van der Waals surface area (Å²) < 4.78 is 26.1. The van der Waals surface area contributed by atoms with Crippen molar-refractivity contribution < 1.29 is 13.2 Å². The van der Waals surface area contributed by atoms with Gasteiger partial charge in [-0.05, 0) is 33.6 Å². The van der Waals surface area contributed by atoms with Crippen LogP contribution in [0.4, 0.5) is 0 Å². The third kappa shape index (κ3) is 3.78. The van der Waals surface area contributed by atoms with Crippen LogP contribution in [0.5, 0.6) is 0 Å². The minimum absolute atomic E-state index is 0.0702. The smallest absolute Gasteiger partial charge is 0.216 e. The Morgan fingerprint density at radius 2 is 1.94 bits per heavy atom. The zero-order valence-electron chi connectivity index (χ0n) is 11.0. The van der Waals surface area contributed by atoms with Crippen LogP contribution in [0.2, 0.25) is 0 Å². The lowest BCUT2D eigenvalue weighted by Gasteiger charge is -2.30. The van der Waals surface area contributed by atoms with E-state index in [4.69, 9.17) is 0 Å². The first kappa shape index (κ1) is 14.6. The quantitative estimate of drug-likeness (QED) is 0.777. The summed E-state index contributed by atoms with van der Waals surface area (Å²) in [7, 11) is -3.24. The SMILES string of the molecule is CC(=O)CC1CCCCCN1S(=O)(=O)C(C)C. The van der Waals surface area contributed by atoms with Gasteiger partial charge in [0.2, 0.25) is 10.0 Å². The third-order valence-corrected chi connectivity index (χ3v) is 5.59. The highest BCUT2D eigenvalue weighted by molar-refractivity contribution is 7.89. The van der Waals surface area contributed by atoms with E-state index in [-0.39, 0.29) is 11.8 Å². The van der Waals surface area contributed by atoms with E-state index < -0.39 is 15.3 Å². The van der Waals surface area contributed by atoms with Crippen LogP contribution in [0, 0.1) is 0 Å². The highest BCUT2D eigenvalue weighted by atomic mass is 32.2. The van der Waals surface area contributed by atoms with Gasteiger partial charge in [-0.25, -0.2) is 8.42 Å². The van der Waals surface area contributed by atoms with Crippen LogP contribution in [0.3, 0.4) is 0 Å². The summed E-state index contributed by atoms with van der Waals surface area (Å²) in [5, 5.41) is -0.407. The largest absolute Gasteiger partial charge is 0.300 e. The molecule has 0 saturated carbocycles. The molecule has 0 aliphatic carbocycles. The maximum absolute atomic E-state index is 12.2. The van der Waals surface area contributed by atoms with Crippen LogP contribution in [0.25, 0.3) is 0 Å². The number of ketones is 1. The average Bonchev–Trinajstić information content (AvgIpc) is 2.42. The predicted molar refractivity (Wildman–Crippen MR) is 68.3 cm³/mol. The normalized spacial score (nSPS) is 23.6. The summed E-state index contributed by atoms with van der Waals surface area (Å²) in [5.41, 5.74) is 0. The molecule has 0 N–H and O–H groups in total. The highest BCUT2D eigenvalue weighted by Crippen LogP contribution is 2.24. The second-order valence-corrected chi connectivity index (χ2v) is 7.56. The molecule has 100 valence electrons. The van der Waals surface area contributed by atoms with Crippen molar-refractivity contribution in [1.82, 2.24) is 4.31 Å². The molecule has 1 rings (SSSR count). The van der Waals surface area contributed by atoms with Crippen LogP contribution >= 0.6 is 0 Å². The lowest BCUT2D eigenvalue weighted by atomic mass is 10.1. The number of hydrogen-bond acceptors (Lipinski definition) is 3. The lowest BCUT2D eigenvalue weighted by molar-refractivity contribution is -0.117. The number of sulfonamides is 1. The maximum Gasteiger partial charge on any atom is 0.216 e. The summed E-state index contributed by atoms with van der Waals surface area (Å²) in [5.74, 6) is 0.0702. The molecule has 1 unspecified atom stereocenters. The molecule has 0 aromatic rings. The van der Waals surface area contributed by atoms with Gasteiger partial charge in [0.25, 0.3) is 0 Å². The van der Waals surface area contributed by atoms with Crippen LogP contribution < -0.4 is 0 Å². The molecule has 1 heterocycles. The van der Waals surface area contributed by atoms with Gasteiger partial charge >= 0.3 is 0 Å². The Morgan fingerprint density at radius 1 is 1.29 bits per heavy atom.